The number of aromatic amines is 2. The van der Waals surface area contributed by atoms with Gasteiger partial charge in [-0.3, -0.25) is 19.6 Å². The third-order valence-electron chi connectivity index (χ3n) is 4.52. The van der Waals surface area contributed by atoms with E-state index in [-0.39, 0.29) is 29.0 Å². The zero-order chi connectivity index (χ0) is 26.7. The molecule has 8 nitrogen and oxygen atoms in total. The Bertz CT molecular complexity index is 1420. The van der Waals surface area contributed by atoms with Gasteiger partial charge in [0.25, 0.3) is 5.56 Å². The third-order valence-corrected chi connectivity index (χ3v) is 4.52. The first-order chi connectivity index (χ1) is 17.2. The maximum atomic E-state index is 12.8. The molecule has 4 aromatic rings. The Kier molecular flexibility index (Phi) is 10.3. The highest BCUT2D eigenvalue weighted by atomic mass is 19.1. The summed E-state index contributed by atoms with van der Waals surface area (Å²) < 4.78 is 50.2. The van der Waals surface area contributed by atoms with Gasteiger partial charge in [-0.05, 0) is 36.2 Å². The number of nitrogens with zero attached hydrogens (tertiary/aromatic N) is 1. The Balaban J connectivity index is 0.000000193. The quantitative estimate of drug-likeness (QED) is 0.244. The first kappa shape index (κ1) is 27.8. The highest BCUT2D eigenvalue weighted by Crippen LogP contribution is 2.21. The Morgan fingerprint density at radius 2 is 1.67 bits per heavy atom. The van der Waals surface area contributed by atoms with Crippen molar-refractivity contribution in [3.05, 3.63) is 104 Å². The van der Waals surface area contributed by atoms with Crippen LogP contribution in [0.5, 0.6) is 5.75 Å². The van der Waals surface area contributed by atoms with Crippen LogP contribution in [-0.2, 0) is 17.8 Å². The molecule has 0 saturated heterocycles. The van der Waals surface area contributed by atoms with E-state index in [1.165, 1.54) is 23.8 Å². The Morgan fingerprint density at radius 1 is 0.972 bits per heavy atom. The number of carbonyl (C=O) groups excluding carboxylic acids is 1. The fourth-order valence-corrected chi connectivity index (χ4v) is 2.87. The van der Waals surface area contributed by atoms with E-state index in [0.717, 1.165) is 31.2 Å². The average Bonchev–Trinajstić information content (AvgIpc) is 2.83. The summed E-state index contributed by atoms with van der Waals surface area (Å²) >= 11 is 0. The minimum Gasteiger partial charge on any atom is -0.504 e. The maximum Gasteiger partial charge on any atom is 0.326 e. The Labute approximate surface area is 201 Å². The number of aryl methyl sites for hydroxylation is 1. The van der Waals surface area contributed by atoms with Crippen molar-refractivity contribution in [1.29, 1.82) is 0 Å². The van der Waals surface area contributed by atoms with Gasteiger partial charge in [0.1, 0.15) is 22.8 Å². The molecule has 2 heterocycles. The molecule has 0 unspecified atom stereocenters. The molecule has 4 rings (SSSR count). The molecule has 0 fully saturated rings. The fourth-order valence-electron chi connectivity index (χ4n) is 2.87. The number of H-pyrrole nitrogens is 2. The van der Waals surface area contributed by atoms with Crippen LogP contribution in [0.2, 0.25) is 0 Å². The zero-order valence-corrected chi connectivity index (χ0v) is 18.9. The number of carbonyl (C=O) groups is 1. The van der Waals surface area contributed by atoms with Gasteiger partial charge in [-0.1, -0.05) is 25.5 Å². The van der Waals surface area contributed by atoms with Crippen LogP contribution in [0.15, 0.2) is 58.3 Å². The number of aromatic hydroxyl groups is 1. The van der Waals surface area contributed by atoms with Crippen molar-refractivity contribution in [1.82, 2.24) is 20.3 Å². The number of pyridine rings is 1. The topological polar surface area (TPSA) is 128 Å². The van der Waals surface area contributed by atoms with Crippen LogP contribution in [-0.4, -0.2) is 26.5 Å². The second kappa shape index (κ2) is 13.4. The number of fused-ring (bicyclic) bond motifs is 1. The molecule has 2 aromatic heterocycles. The van der Waals surface area contributed by atoms with E-state index in [1.54, 1.807) is 0 Å². The molecule has 1 amide bonds. The summed E-state index contributed by atoms with van der Waals surface area (Å²) in [5.74, 6) is -3.32. The molecule has 0 bridgehead atoms. The number of phenolic OH excluding ortho intramolecular Hbond substituents is 1. The van der Waals surface area contributed by atoms with Gasteiger partial charge in [0.15, 0.2) is 11.6 Å². The first-order valence-corrected chi connectivity index (χ1v) is 10.5. The van der Waals surface area contributed by atoms with Crippen molar-refractivity contribution < 1.29 is 27.5 Å². The third kappa shape index (κ3) is 8.08. The summed E-state index contributed by atoms with van der Waals surface area (Å²) in [7, 11) is 0. The maximum absolute atomic E-state index is 12.8. The number of phenols is 1. The first-order valence-electron chi connectivity index (χ1n) is 10.5. The van der Waals surface area contributed by atoms with Gasteiger partial charge in [-0.25, -0.2) is 22.4 Å². The summed E-state index contributed by atoms with van der Waals surface area (Å²) in [6.45, 7) is 2.08. The largest absolute Gasteiger partial charge is 0.504 e. The normalized spacial score (nSPS) is 10.0. The summed E-state index contributed by atoms with van der Waals surface area (Å²) in [6.07, 6.45) is 3.47. The van der Waals surface area contributed by atoms with Crippen molar-refractivity contribution >= 4 is 17.3 Å². The number of amides is 1. The van der Waals surface area contributed by atoms with Crippen LogP contribution >= 0.6 is 0 Å². The van der Waals surface area contributed by atoms with Gasteiger partial charge in [0.05, 0.1) is 24.0 Å². The van der Waals surface area contributed by atoms with Crippen LogP contribution in [0.25, 0.3) is 10.9 Å². The van der Waals surface area contributed by atoms with Gasteiger partial charge in [0.2, 0.25) is 6.41 Å². The summed E-state index contributed by atoms with van der Waals surface area (Å²) in [5.41, 5.74) is -0.195. The van der Waals surface area contributed by atoms with Crippen LogP contribution in [0.3, 0.4) is 0 Å². The molecule has 0 aliphatic carbocycles. The van der Waals surface area contributed by atoms with Gasteiger partial charge >= 0.3 is 5.69 Å². The highest BCUT2D eigenvalue weighted by Gasteiger charge is 2.10. The van der Waals surface area contributed by atoms with Gasteiger partial charge < -0.3 is 15.4 Å². The predicted molar refractivity (Wildman–Crippen MR) is 124 cm³/mol. The lowest BCUT2D eigenvalue weighted by Crippen LogP contribution is -2.21. The smallest absolute Gasteiger partial charge is 0.326 e. The zero-order valence-electron chi connectivity index (χ0n) is 18.9. The van der Waals surface area contributed by atoms with Crippen LogP contribution in [0.4, 0.5) is 17.6 Å². The molecule has 0 atom stereocenters. The lowest BCUT2D eigenvalue weighted by atomic mass is 10.1. The summed E-state index contributed by atoms with van der Waals surface area (Å²) in [4.78, 5) is 39.4. The van der Waals surface area contributed by atoms with Crippen molar-refractivity contribution in [2.75, 3.05) is 0 Å². The van der Waals surface area contributed by atoms with E-state index >= 15 is 0 Å². The molecule has 190 valence electrons. The molecule has 0 aliphatic heterocycles. The predicted octanol–water partition coefficient (Wildman–Crippen LogP) is 3.45. The second-order valence-electron chi connectivity index (χ2n) is 7.18. The van der Waals surface area contributed by atoms with E-state index < -0.39 is 34.5 Å². The summed E-state index contributed by atoms with van der Waals surface area (Å²) in [6, 6.07) is 9.57. The van der Waals surface area contributed by atoms with Gasteiger partial charge in [-0.2, -0.15) is 0 Å². The number of hydrogen-bond donors (Lipinski definition) is 4. The Morgan fingerprint density at radius 3 is 2.28 bits per heavy atom. The van der Waals surface area contributed by atoms with Crippen molar-refractivity contribution in [2.45, 2.75) is 26.3 Å². The molecule has 12 heteroatoms. The van der Waals surface area contributed by atoms with E-state index in [9.17, 15) is 37.1 Å². The fraction of sp³-hybridized carbons (Fsp3) is 0.167. The lowest BCUT2D eigenvalue weighted by Gasteiger charge is -1.99. The van der Waals surface area contributed by atoms with Crippen LogP contribution < -0.4 is 16.6 Å². The van der Waals surface area contributed by atoms with E-state index in [4.69, 9.17) is 0 Å². The minimum absolute atomic E-state index is 0.0171. The lowest BCUT2D eigenvalue weighted by molar-refractivity contribution is -0.109. The molecule has 0 aliphatic rings. The molecule has 36 heavy (non-hydrogen) atoms. The number of rotatable bonds is 5. The number of halogens is 4. The van der Waals surface area contributed by atoms with Crippen LogP contribution in [0.1, 0.15) is 24.6 Å². The number of aromatic nitrogens is 3. The number of benzene rings is 2. The monoisotopic (exact) mass is 506 g/mol. The average molecular weight is 506 g/mol. The molecule has 0 spiro atoms. The van der Waals surface area contributed by atoms with E-state index in [1.807, 2.05) is 17.1 Å². The minimum atomic E-state index is -0.907. The van der Waals surface area contributed by atoms with Crippen molar-refractivity contribution in [3.8, 4) is 5.75 Å². The van der Waals surface area contributed by atoms with Gasteiger partial charge in [-0.15, -0.1) is 0 Å². The van der Waals surface area contributed by atoms with Gasteiger partial charge in [0, 0.05) is 6.07 Å². The van der Waals surface area contributed by atoms with Crippen LogP contribution in [0, 0.1) is 23.3 Å². The molecule has 0 radical (unpaired) electrons. The van der Waals surface area contributed by atoms with E-state index in [2.05, 4.69) is 22.2 Å². The highest BCUT2D eigenvalue weighted by molar-refractivity contribution is 5.83. The number of nitrogens with one attached hydrogen (secondary N) is 3. The SMILES string of the molecule is CCCc1ccc(F)cc1.O=CNCc1ncc(F)cc1F.O=c1[nH]c(=O)c2c(O)c(F)ccc2[nH]1. The molecular formula is C24H22F4N4O4. The number of hydrogen-bond acceptors (Lipinski definition) is 5. The Hall–Kier alpha value is -4.48. The molecule has 2 aromatic carbocycles. The standard InChI is InChI=1S/C9H11F.C8H5FN2O3.C7H6F2N2O/c1-2-3-8-4-6-9(10)7-5-8;9-3-1-2-4-5(6(3)12)7(13)11-8(14)10-4;8-5-1-6(9)7(11-2-5)3-10-4-12/h4-7H,2-3H2,1H3;1-2,12H,(H2,10,11,13,14);1-2,4H,3H2,(H,10,12). The van der Waals surface area contributed by atoms with Crippen molar-refractivity contribution in [3.63, 3.8) is 0 Å². The molecule has 0 saturated carbocycles. The summed E-state index contributed by atoms with van der Waals surface area (Å²) in [5, 5.41) is 11.2. The van der Waals surface area contributed by atoms with E-state index in [0.29, 0.717) is 6.41 Å². The molecule has 4 N–H and O–H groups in total. The second-order valence-corrected chi connectivity index (χ2v) is 7.18. The molecular weight excluding hydrogens is 484 g/mol. The van der Waals surface area contributed by atoms with Crippen molar-refractivity contribution in [2.24, 2.45) is 0 Å².